The summed E-state index contributed by atoms with van der Waals surface area (Å²) in [4.78, 5) is 27.9. The van der Waals surface area contributed by atoms with E-state index in [-0.39, 0.29) is 5.56 Å². The van der Waals surface area contributed by atoms with Gasteiger partial charge in [0, 0.05) is 22.7 Å². The fourth-order valence-electron chi connectivity index (χ4n) is 3.36. The first-order valence-electron chi connectivity index (χ1n) is 9.44. The van der Waals surface area contributed by atoms with Crippen molar-refractivity contribution in [3.8, 4) is 11.1 Å². The van der Waals surface area contributed by atoms with Crippen LogP contribution in [0.3, 0.4) is 0 Å². The molecule has 1 unspecified atom stereocenters. The number of hydrogen-bond acceptors (Lipinski definition) is 3. The van der Waals surface area contributed by atoms with Gasteiger partial charge in [0.1, 0.15) is 6.04 Å². The molecular formula is C23H16F3N3O3. The molecule has 9 heteroatoms. The summed E-state index contributed by atoms with van der Waals surface area (Å²) in [7, 11) is 0. The third kappa shape index (κ3) is 4.06. The second kappa shape index (κ2) is 8.56. The molecule has 0 saturated heterocycles. The summed E-state index contributed by atoms with van der Waals surface area (Å²) in [5.74, 6) is -5.65. The fourth-order valence-corrected chi connectivity index (χ4v) is 3.36. The molecule has 0 aliphatic carbocycles. The average molecular weight is 439 g/mol. The van der Waals surface area contributed by atoms with Gasteiger partial charge in [0.2, 0.25) is 0 Å². The average Bonchev–Trinajstić information content (AvgIpc) is 3.28. The predicted molar refractivity (Wildman–Crippen MR) is 110 cm³/mol. The van der Waals surface area contributed by atoms with Crippen molar-refractivity contribution in [3.05, 3.63) is 95.4 Å². The molecular weight excluding hydrogens is 423 g/mol. The first kappa shape index (κ1) is 21.1. The Balaban J connectivity index is 1.60. The molecule has 162 valence electrons. The fraction of sp³-hybridized carbons (Fsp3) is 0.0435. The number of hydrogen-bond donors (Lipinski definition) is 4. The molecule has 0 spiro atoms. The van der Waals surface area contributed by atoms with Gasteiger partial charge in [-0.05, 0) is 53.1 Å². The molecule has 0 bridgehead atoms. The zero-order chi connectivity index (χ0) is 22.8. The predicted octanol–water partition coefficient (Wildman–Crippen LogP) is 4.23. The lowest BCUT2D eigenvalue weighted by Gasteiger charge is -2.18. The molecule has 32 heavy (non-hydrogen) atoms. The quantitative estimate of drug-likeness (QED) is 0.213. The summed E-state index contributed by atoms with van der Waals surface area (Å²) in [6, 6.07) is 13.0. The van der Waals surface area contributed by atoms with Gasteiger partial charge in [-0.15, -0.1) is 0 Å². The van der Waals surface area contributed by atoms with Crippen LogP contribution >= 0.6 is 0 Å². The lowest BCUT2D eigenvalue weighted by molar-refractivity contribution is -0.131. The third-order valence-corrected chi connectivity index (χ3v) is 5.02. The van der Waals surface area contributed by atoms with Crippen molar-refractivity contribution in [1.29, 1.82) is 0 Å². The van der Waals surface area contributed by atoms with E-state index < -0.39 is 35.3 Å². The van der Waals surface area contributed by atoms with Crippen LogP contribution in [0.15, 0.2) is 66.9 Å². The van der Waals surface area contributed by atoms with E-state index in [1.54, 1.807) is 30.5 Å². The highest BCUT2D eigenvalue weighted by Crippen LogP contribution is 2.26. The Morgan fingerprint density at radius 2 is 1.56 bits per heavy atom. The first-order valence-corrected chi connectivity index (χ1v) is 9.44. The van der Waals surface area contributed by atoms with E-state index in [0.29, 0.717) is 16.7 Å². The van der Waals surface area contributed by atoms with Gasteiger partial charge in [0.15, 0.2) is 17.5 Å². The summed E-state index contributed by atoms with van der Waals surface area (Å²) in [6.07, 6.45) is 1.73. The number of nitrogens with one attached hydrogen (secondary N) is 3. The topological polar surface area (TPSA) is 94.2 Å². The van der Waals surface area contributed by atoms with Gasteiger partial charge in [-0.25, -0.2) is 18.7 Å². The number of benzene rings is 3. The Hall–Kier alpha value is -4.11. The van der Waals surface area contributed by atoms with Crippen molar-refractivity contribution in [2.45, 2.75) is 6.04 Å². The summed E-state index contributed by atoms with van der Waals surface area (Å²) in [5, 5.41) is 12.5. The Kier molecular flexibility index (Phi) is 5.65. The minimum absolute atomic E-state index is 0.0972. The molecule has 6 nitrogen and oxygen atoms in total. The number of amides is 2. The Morgan fingerprint density at radius 3 is 2.22 bits per heavy atom. The van der Waals surface area contributed by atoms with E-state index in [0.717, 1.165) is 23.0 Å². The van der Waals surface area contributed by atoms with E-state index in [2.05, 4.69) is 10.3 Å². The van der Waals surface area contributed by atoms with Gasteiger partial charge in [0.05, 0.1) is 0 Å². The molecule has 4 aromatic rings. The van der Waals surface area contributed by atoms with Crippen LogP contribution in [0.1, 0.15) is 22.0 Å². The van der Waals surface area contributed by atoms with Crippen LogP contribution in [0.25, 0.3) is 22.0 Å². The Labute approximate surface area is 179 Å². The highest BCUT2D eigenvalue weighted by molar-refractivity contribution is 6.00. The van der Waals surface area contributed by atoms with Gasteiger partial charge >= 0.3 is 0 Å². The summed E-state index contributed by atoms with van der Waals surface area (Å²) < 4.78 is 40.2. The molecule has 3 aromatic carbocycles. The van der Waals surface area contributed by atoms with Crippen LogP contribution in [0.4, 0.5) is 13.2 Å². The maximum Gasteiger partial charge on any atom is 0.270 e. The third-order valence-electron chi connectivity index (χ3n) is 5.02. The van der Waals surface area contributed by atoms with Crippen molar-refractivity contribution in [2.75, 3.05) is 0 Å². The summed E-state index contributed by atoms with van der Waals surface area (Å²) in [6.45, 7) is 0. The molecule has 0 fully saturated rings. The monoisotopic (exact) mass is 439 g/mol. The standard InChI is InChI=1S/C23H16F3N3O3/c24-17-10-16(11-18(25)20(17)26)12-1-3-13(4-2-12)21(23(31)29-32)28-22(30)15-5-6-19-14(9-15)7-8-27-19/h1-11,21,27,32H,(H,28,30)(H,29,31). The smallest absolute Gasteiger partial charge is 0.270 e. The zero-order valence-electron chi connectivity index (χ0n) is 16.3. The number of hydroxylamine groups is 1. The number of aromatic amines is 1. The van der Waals surface area contributed by atoms with Crippen LogP contribution in [0.5, 0.6) is 0 Å². The second-order valence-electron chi connectivity index (χ2n) is 7.04. The van der Waals surface area contributed by atoms with Gasteiger partial charge in [-0.2, -0.15) is 0 Å². The van der Waals surface area contributed by atoms with Crippen molar-refractivity contribution in [1.82, 2.24) is 15.8 Å². The van der Waals surface area contributed by atoms with Crippen LogP contribution in [0.2, 0.25) is 0 Å². The Bertz CT molecular complexity index is 1300. The lowest BCUT2D eigenvalue weighted by atomic mass is 9.99. The number of H-pyrrole nitrogens is 1. The van der Waals surface area contributed by atoms with Gasteiger partial charge in [0.25, 0.3) is 11.8 Å². The van der Waals surface area contributed by atoms with E-state index in [1.165, 1.54) is 29.7 Å². The summed E-state index contributed by atoms with van der Waals surface area (Å²) in [5.41, 5.74) is 3.43. The minimum atomic E-state index is -1.56. The Morgan fingerprint density at radius 1 is 0.875 bits per heavy atom. The minimum Gasteiger partial charge on any atom is -0.361 e. The molecule has 0 aliphatic rings. The van der Waals surface area contributed by atoms with E-state index in [4.69, 9.17) is 5.21 Å². The number of carbonyl (C=O) groups is 2. The molecule has 4 rings (SSSR count). The van der Waals surface area contributed by atoms with Crippen LogP contribution in [-0.2, 0) is 4.79 Å². The molecule has 2 amide bonds. The van der Waals surface area contributed by atoms with Crippen molar-refractivity contribution >= 4 is 22.7 Å². The van der Waals surface area contributed by atoms with E-state index in [1.807, 2.05) is 0 Å². The lowest BCUT2D eigenvalue weighted by Crippen LogP contribution is -2.39. The van der Waals surface area contributed by atoms with Gasteiger partial charge < -0.3 is 10.3 Å². The molecule has 1 heterocycles. The van der Waals surface area contributed by atoms with Crippen LogP contribution in [0, 0.1) is 17.5 Å². The van der Waals surface area contributed by atoms with Crippen LogP contribution < -0.4 is 10.8 Å². The van der Waals surface area contributed by atoms with Crippen molar-refractivity contribution < 1.29 is 28.0 Å². The molecule has 0 saturated carbocycles. The molecule has 4 N–H and O–H groups in total. The molecule has 1 atom stereocenters. The molecule has 0 radical (unpaired) electrons. The number of aromatic nitrogens is 1. The number of halogens is 3. The zero-order valence-corrected chi connectivity index (χ0v) is 16.3. The highest BCUT2D eigenvalue weighted by atomic mass is 19.2. The highest BCUT2D eigenvalue weighted by Gasteiger charge is 2.23. The second-order valence-corrected chi connectivity index (χ2v) is 7.04. The number of rotatable bonds is 5. The number of fused-ring (bicyclic) bond motifs is 1. The normalized spacial score (nSPS) is 11.9. The van der Waals surface area contributed by atoms with Crippen LogP contribution in [-0.4, -0.2) is 22.0 Å². The van der Waals surface area contributed by atoms with E-state index >= 15 is 0 Å². The number of carbonyl (C=O) groups excluding carboxylic acids is 2. The summed E-state index contributed by atoms with van der Waals surface area (Å²) >= 11 is 0. The largest absolute Gasteiger partial charge is 0.361 e. The first-order chi connectivity index (χ1) is 15.4. The van der Waals surface area contributed by atoms with Gasteiger partial charge in [-0.3, -0.25) is 14.8 Å². The maximum atomic E-state index is 13.5. The molecule has 1 aromatic heterocycles. The van der Waals surface area contributed by atoms with Crippen molar-refractivity contribution in [3.63, 3.8) is 0 Å². The SMILES string of the molecule is O=C(NC(C(=O)NO)c1ccc(-c2cc(F)c(F)c(F)c2)cc1)c1ccc2[nH]ccc2c1. The molecule has 0 aliphatic heterocycles. The van der Waals surface area contributed by atoms with Crippen molar-refractivity contribution in [2.24, 2.45) is 0 Å². The maximum absolute atomic E-state index is 13.5. The van der Waals surface area contributed by atoms with E-state index in [9.17, 15) is 22.8 Å². The van der Waals surface area contributed by atoms with Gasteiger partial charge in [-0.1, -0.05) is 24.3 Å².